The lowest BCUT2D eigenvalue weighted by Crippen LogP contribution is -2.37. The van der Waals surface area contributed by atoms with Crippen LogP contribution in [0.2, 0.25) is 5.02 Å². The van der Waals surface area contributed by atoms with Crippen molar-refractivity contribution in [1.29, 1.82) is 0 Å². The van der Waals surface area contributed by atoms with Gasteiger partial charge >= 0.3 is 0 Å². The molecule has 1 aromatic heterocycles. The molecular weight excluding hydrogens is 400 g/mol. The van der Waals surface area contributed by atoms with Crippen molar-refractivity contribution in [3.8, 4) is 0 Å². The quantitative estimate of drug-likeness (QED) is 0.767. The predicted octanol–water partition coefficient (Wildman–Crippen LogP) is 2.57. The molecule has 3 rings (SSSR count). The maximum atomic E-state index is 12.7. The Bertz CT molecular complexity index is 973. The van der Waals surface area contributed by atoms with Gasteiger partial charge in [-0.1, -0.05) is 17.7 Å². The van der Waals surface area contributed by atoms with E-state index in [2.05, 4.69) is 10.3 Å². The van der Waals surface area contributed by atoms with E-state index in [0.29, 0.717) is 34.6 Å². The summed E-state index contributed by atoms with van der Waals surface area (Å²) in [5.74, 6) is 0.641. The lowest BCUT2D eigenvalue weighted by molar-refractivity contribution is 0.102. The van der Waals surface area contributed by atoms with Crippen LogP contribution in [0.25, 0.3) is 0 Å². The molecule has 1 fully saturated rings. The van der Waals surface area contributed by atoms with Crippen molar-refractivity contribution in [3.05, 3.63) is 47.1 Å². The number of carbonyl (C=O) groups is 1. The number of benzene rings is 1. The summed E-state index contributed by atoms with van der Waals surface area (Å²) < 4.78 is 23.9. The number of anilines is 2. The number of amides is 1. The molecule has 0 saturated carbocycles. The molecule has 0 bridgehead atoms. The molecule has 1 aliphatic heterocycles. The fourth-order valence-corrected chi connectivity index (χ4v) is 3.96. The summed E-state index contributed by atoms with van der Waals surface area (Å²) >= 11 is 5.97. The van der Waals surface area contributed by atoms with Crippen LogP contribution in [0.5, 0.6) is 0 Å². The number of hydrogen-bond donors (Lipinski definition) is 2. The number of aromatic nitrogens is 1. The van der Waals surface area contributed by atoms with E-state index in [9.17, 15) is 13.2 Å². The van der Waals surface area contributed by atoms with E-state index < -0.39 is 9.84 Å². The maximum absolute atomic E-state index is 12.7. The lowest BCUT2D eigenvalue weighted by atomic mass is 9.97. The van der Waals surface area contributed by atoms with Gasteiger partial charge < -0.3 is 16.0 Å². The highest BCUT2D eigenvalue weighted by Crippen LogP contribution is 2.30. The second-order valence-electron chi connectivity index (χ2n) is 6.94. The molecule has 0 atom stereocenters. The van der Waals surface area contributed by atoms with Gasteiger partial charge in [-0.25, -0.2) is 13.4 Å². The van der Waals surface area contributed by atoms with E-state index in [-0.39, 0.29) is 10.8 Å². The predicted molar refractivity (Wildman–Crippen MR) is 111 cm³/mol. The van der Waals surface area contributed by atoms with Gasteiger partial charge in [-0.2, -0.15) is 0 Å². The Balaban J connectivity index is 1.93. The van der Waals surface area contributed by atoms with Gasteiger partial charge in [0.15, 0.2) is 15.7 Å². The minimum Gasteiger partial charge on any atom is -0.355 e. The van der Waals surface area contributed by atoms with Crippen molar-refractivity contribution >= 4 is 38.9 Å². The molecular formula is C19H23ClN4O3S. The molecule has 0 unspecified atom stereocenters. The van der Waals surface area contributed by atoms with Crippen molar-refractivity contribution in [1.82, 2.24) is 4.98 Å². The summed E-state index contributed by atoms with van der Waals surface area (Å²) in [4.78, 5) is 19.1. The number of carbonyl (C=O) groups excluding carboxylic acids is 1. The normalized spacial score (nSPS) is 15.5. The van der Waals surface area contributed by atoms with Crippen molar-refractivity contribution in [2.45, 2.75) is 17.7 Å². The summed E-state index contributed by atoms with van der Waals surface area (Å²) in [6.45, 7) is 2.13. The van der Waals surface area contributed by atoms with Gasteiger partial charge in [-0.15, -0.1) is 0 Å². The zero-order chi connectivity index (χ0) is 20.3. The fourth-order valence-electron chi connectivity index (χ4n) is 3.19. The highest BCUT2D eigenvalue weighted by atomic mass is 35.5. The number of piperidine rings is 1. The molecule has 28 heavy (non-hydrogen) atoms. The van der Waals surface area contributed by atoms with Crippen LogP contribution in [0.3, 0.4) is 0 Å². The maximum Gasteiger partial charge on any atom is 0.255 e. The number of rotatable bonds is 5. The highest BCUT2D eigenvalue weighted by molar-refractivity contribution is 7.90. The van der Waals surface area contributed by atoms with Crippen molar-refractivity contribution in [2.24, 2.45) is 11.7 Å². The van der Waals surface area contributed by atoms with Gasteiger partial charge in [0.2, 0.25) is 0 Å². The molecule has 3 N–H and O–H groups in total. The number of hydrogen-bond acceptors (Lipinski definition) is 6. The van der Waals surface area contributed by atoms with Gasteiger partial charge in [0, 0.05) is 36.1 Å². The average Bonchev–Trinajstić information content (AvgIpc) is 2.67. The standard InChI is InChI=1S/C19H23ClN4O3S/c1-28(26,27)16-10-17(23-19(25)14-3-2-4-15(20)9-14)18(22-12-16)24-7-5-13(11-21)6-8-24/h2-4,9-10,12-13H,5-8,11,21H2,1H3,(H,23,25). The van der Waals surface area contributed by atoms with Crippen molar-refractivity contribution in [3.63, 3.8) is 0 Å². The van der Waals surface area contributed by atoms with Crippen LogP contribution >= 0.6 is 11.6 Å². The minimum absolute atomic E-state index is 0.0505. The number of nitrogens with one attached hydrogen (secondary N) is 1. The number of nitrogens with two attached hydrogens (primary N) is 1. The first-order chi connectivity index (χ1) is 13.3. The second-order valence-corrected chi connectivity index (χ2v) is 9.40. The average molecular weight is 423 g/mol. The monoisotopic (exact) mass is 422 g/mol. The summed E-state index contributed by atoms with van der Waals surface area (Å²) in [5.41, 5.74) is 6.50. The van der Waals surface area contributed by atoms with E-state index in [1.165, 1.54) is 12.3 Å². The third kappa shape index (κ3) is 4.81. The van der Waals surface area contributed by atoms with Crippen LogP contribution < -0.4 is 16.0 Å². The molecule has 150 valence electrons. The zero-order valence-electron chi connectivity index (χ0n) is 15.6. The Morgan fingerprint density at radius 2 is 2.04 bits per heavy atom. The molecule has 0 radical (unpaired) electrons. The fraction of sp³-hybridized carbons (Fsp3) is 0.368. The Morgan fingerprint density at radius 3 is 2.64 bits per heavy atom. The van der Waals surface area contributed by atoms with Gasteiger partial charge in [0.1, 0.15) is 0 Å². The van der Waals surface area contributed by atoms with Crippen molar-refractivity contribution < 1.29 is 13.2 Å². The van der Waals surface area contributed by atoms with Crippen molar-refractivity contribution in [2.75, 3.05) is 36.1 Å². The number of sulfone groups is 1. The molecule has 1 saturated heterocycles. The van der Waals surface area contributed by atoms with E-state index in [1.807, 2.05) is 4.90 Å². The van der Waals surface area contributed by atoms with Gasteiger partial charge in [0.05, 0.1) is 10.6 Å². The van der Waals surface area contributed by atoms with Gasteiger partial charge in [0.25, 0.3) is 5.91 Å². The molecule has 2 heterocycles. The first-order valence-corrected chi connectivity index (χ1v) is 11.3. The Hall–Kier alpha value is -2.16. The summed E-state index contributed by atoms with van der Waals surface area (Å²) in [6.07, 6.45) is 4.29. The summed E-state index contributed by atoms with van der Waals surface area (Å²) in [6, 6.07) is 8.01. The van der Waals surface area contributed by atoms with Gasteiger partial charge in [-0.3, -0.25) is 4.79 Å². The third-order valence-electron chi connectivity index (χ3n) is 4.85. The van der Waals surface area contributed by atoms with E-state index >= 15 is 0 Å². The molecule has 1 aliphatic rings. The lowest BCUT2D eigenvalue weighted by Gasteiger charge is -2.33. The summed E-state index contributed by atoms with van der Waals surface area (Å²) in [5, 5.41) is 3.24. The molecule has 2 aromatic rings. The Kier molecular flexibility index (Phi) is 6.22. The third-order valence-corrected chi connectivity index (χ3v) is 6.17. The van der Waals surface area contributed by atoms with Gasteiger partial charge in [-0.05, 0) is 49.6 Å². The van der Waals surface area contributed by atoms with Crippen LogP contribution in [-0.4, -0.2) is 45.2 Å². The van der Waals surface area contributed by atoms with E-state index in [4.69, 9.17) is 17.3 Å². The molecule has 9 heteroatoms. The highest BCUT2D eigenvalue weighted by Gasteiger charge is 2.23. The van der Waals surface area contributed by atoms with Crippen LogP contribution in [-0.2, 0) is 9.84 Å². The second kappa shape index (κ2) is 8.46. The Labute approximate surface area is 169 Å². The molecule has 7 nitrogen and oxygen atoms in total. The number of halogens is 1. The van der Waals surface area contributed by atoms with Crippen LogP contribution in [0, 0.1) is 5.92 Å². The summed E-state index contributed by atoms with van der Waals surface area (Å²) in [7, 11) is -3.46. The smallest absolute Gasteiger partial charge is 0.255 e. The molecule has 0 spiro atoms. The Morgan fingerprint density at radius 1 is 1.32 bits per heavy atom. The first kappa shape index (κ1) is 20.6. The molecule has 1 aromatic carbocycles. The van der Waals surface area contributed by atoms with E-state index in [1.54, 1.807) is 24.3 Å². The largest absolute Gasteiger partial charge is 0.355 e. The SMILES string of the molecule is CS(=O)(=O)c1cnc(N2CCC(CN)CC2)c(NC(=O)c2cccc(Cl)c2)c1. The first-order valence-electron chi connectivity index (χ1n) is 9.00. The number of nitrogens with zero attached hydrogens (tertiary/aromatic N) is 2. The molecule has 0 aliphatic carbocycles. The van der Waals surface area contributed by atoms with E-state index in [0.717, 1.165) is 32.2 Å². The van der Waals surface area contributed by atoms with Crippen LogP contribution in [0.15, 0.2) is 41.4 Å². The number of pyridine rings is 1. The topological polar surface area (TPSA) is 105 Å². The zero-order valence-corrected chi connectivity index (χ0v) is 17.1. The molecule has 1 amide bonds. The van der Waals surface area contributed by atoms with Crippen LogP contribution in [0.4, 0.5) is 11.5 Å². The van der Waals surface area contributed by atoms with Crippen LogP contribution in [0.1, 0.15) is 23.2 Å². The minimum atomic E-state index is -3.46.